The van der Waals surface area contributed by atoms with Crippen molar-refractivity contribution in [3.8, 4) is 0 Å². The van der Waals surface area contributed by atoms with Crippen molar-refractivity contribution in [1.82, 2.24) is 9.62 Å². The van der Waals surface area contributed by atoms with Gasteiger partial charge in [0, 0.05) is 18.7 Å². The molecule has 0 aromatic heterocycles. The molecule has 1 fully saturated rings. The van der Waals surface area contributed by atoms with Gasteiger partial charge >= 0.3 is 0 Å². The summed E-state index contributed by atoms with van der Waals surface area (Å²) in [4.78, 5) is 11.6. The molecular formula is C14H18F2N2O4S. The third kappa shape index (κ3) is 4.46. The number of amides is 1. The summed E-state index contributed by atoms with van der Waals surface area (Å²) in [6, 6.07) is 5.06. The quantitative estimate of drug-likeness (QED) is 0.825. The molecule has 1 aromatic carbocycles. The monoisotopic (exact) mass is 348 g/mol. The van der Waals surface area contributed by atoms with Crippen LogP contribution in [0.4, 0.5) is 8.78 Å². The lowest BCUT2D eigenvalue weighted by Crippen LogP contribution is -2.42. The third-order valence-corrected chi connectivity index (χ3v) is 5.41. The molecule has 23 heavy (non-hydrogen) atoms. The summed E-state index contributed by atoms with van der Waals surface area (Å²) in [6.07, 6.45) is -2.19. The molecule has 0 bridgehead atoms. The first-order valence-corrected chi connectivity index (χ1v) is 8.59. The number of β-amino-alcohol motifs (C(OH)–C–C–N with tert-alkyl or cyclic N) is 1. The standard InChI is InChI=1S/C14H18F2N2O4S/c15-13(16)8-17-14(20)10-3-5-12(6-4-10)23(21,22)18-7-1-2-11(19)9-18/h3-6,11,13,19H,1-2,7-9H2,(H,17,20)/t11-/m1/s1. The summed E-state index contributed by atoms with van der Waals surface area (Å²) < 4.78 is 50.2. The van der Waals surface area contributed by atoms with E-state index in [1.54, 1.807) is 0 Å². The summed E-state index contributed by atoms with van der Waals surface area (Å²) in [6.45, 7) is -0.389. The minimum Gasteiger partial charge on any atom is -0.392 e. The van der Waals surface area contributed by atoms with Crippen LogP contribution in [0, 0.1) is 0 Å². The van der Waals surface area contributed by atoms with Crippen molar-refractivity contribution in [2.75, 3.05) is 19.6 Å². The van der Waals surface area contributed by atoms with E-state index in [4.69, 9.17) is 0 Å². The average Bonchev–Trinajstić information content (AvgIpc) is 2.52. The van der Waals surface area contributed by atoms with Gasteiger partial charge in [-0.05, 0) is 37.1 Å². The van der Waals surface area contributed by atoms with E-state index in [0.29, 0.717) is 19.4 Å². The maximum Gasteiger partial charge on any atom is 0.255 e. The average molecular weight is 348 g/mol. The van der Waals surface area contributed by atoms with Crippen molar-refractivity contribution >= 4 is 15.9 Å². The molecule has 2 rings (SSSR count). The van der Waals surface area contributed by atoms with Crippen LogP contribution in [0.15, 0.2) is 29.2 Å². The van der Waals surface area contributed by atoms with Gasteiger partial charge in [-0.2, -0.15) is 4.31 Å². The van der Waals surface area contributed by atoms with Crippen LogP contribution in [0.3, 0.4) is 0 Å². The lowest BCUT2D eigenvalue weighted by molar-refractivity contribution is 0.0891. The Hall–Kier alpha value is -1.58. The molecule has 9 heteroatoms. The number of halogens is 2. The number of aliphatic hydroxyl groups excluding tert-OH is 1. The normalized spacial score (nSPS) is 19.7. The zero-order chi connectivity index (χ0) is 17.0. The van der Waals surface area contributed by atoms with E-state index < -0.39 is 35.0 Å². The highest BCUT2D eigenvalue weighted by Gasteiger charge is 2.29. The Balaban J connectivity index is 2.10. The van der Waals surface area contributed by atoms with Gasteiger partial charge in [0.05, 0.1) is 17.5 Å². The first-order chi connectivity index (χ1) is 10.8. The van der Waals surface area contributed by atoms with Crippen molar-refractivity contribution in [2.45, 2.75) is 30.3 Å². The highest BCUT2D eigenvalue weighted by molar-refractivity contribution is 7.89. The van der Waals surface area contributed by atoms with Crippen LogP contribution in [0.25, 0.3) is 0 Å². The Morgan fingerprint density at radius 3 is 2.57 bits per heavy atom. The van der Waals surface area contributed by atoms with Crippen molar-refractivity contribution in [1.29, 1.82) is 0 Å². The largest absolute Gasteiger partial charge is 0.392 e. The topological polar surface area (TPSA) is 86.7 Å². The van der Waals surface area contributed by atoms with E-state index >= 15 is 0 Å². The molecule has 1 aromatic rings. The number of nitrogens with zero attached hydrogens (tertiary/aromatic N) is 1. The molecule has 1 aliphatic heterocycles. The fourth-order valence-corrected chi connectivity index (χ4v) is 3.85. The van der Waals surface area contributed by atoms with E-state index in [1.165, 1.54) is 28.6 Å². The second kappa shape index (κ2) is 7.33. The number of hydrogen-bond donors (Lipinski definition) is 2. The molecule has 0 saturated carbocycles. The number of nitrogens with one attached hydrogen (secondary N) is 1. The molecule has 0 spiro atoms. The van der Waals surface area contributed by atoms with E-state index in [-0.39, 0.29) is 17.0 Å². The summed E-state index contributed by atoms with van der Waals surface area (Å²) in [5, 5.41) is 11.6. The highest BCUT2D eigenvalue weighted by Crippen LogP contribution is 2.21. The molecule has 128 valence electrons. The van der Waals surface area contributed by atoms with Gasteiger partial charge in [-0.1, -0.05) is 0 Å². The Bertz CT molecular complexity index is 649. The summed E-state index contributed by atoms with van der Waals surface area (Å²) in [7, 11) is -3.74. The maximum atomic E-state index is 12.4. The lowest BCUT2D eigenvalue weighted by atomic mass is 10.1. The van der Waals surface area contributed by atoms with Gasteiger partial charge in [0.25, 0.3) is 12.3 Å². The van der Waals surface area contributed by atoms with Crippen LogP contribution in [0.1, 0.15) is 23.2 Å². The predicted molar refractivity (Wildman–Crippen MR) is 78.8 cm³/mol. The molecule has 1 amide bonds. The zero-order valence-electron chi connectivity index (χ0n) is 12.3. The fraction of sp³-hybridized carbons (Fsp3) is 0.500. The van der Waals surface area contributed by atoms with Gasteiger partial charge in [0.1, 0.15) is 0 Å². The number of alkyl halides is 2. The van der Waals surface area contributed by atoms with E-state index in [0.717, 1.165) is 0 Å². The number of benzene rings is 1. The Kier molecular flexibility index (Phi) is 5.66. The minimum atomic E-state index is -3.74. The predicted octanol–water partition coefficient (Wildman–Crippen LogP) is 0.827. The molecule has 1 atom stereocenters. The number of piperidine rings is 1. The van der Waals surface area contributed by atoms with Gasteiger partial charge in [-0.3, -0.25) is 4.79 Å². The Morgan fingerprint density at radius 1 is 1.35 bits per heavy atom. The lowest BCUT2D eigenvalue weighted by Gasteiger charge is -2.29. The van der Waals surface area contributed by atoms with Gasteiger partial charge < -0.3 is 10.4 Å². The molecule has 0 radical (unpaired) electrons. The van der Waals surface area contributed by atoms with Crippen LogP contribution in [-0.2, 0) is 10.0 Å². The molecule has 2 N–H and O–H groups in total. The first-order valence-electron chi connectivity index (χ1n) is 7.15. The third-order valence-electron chi connectivity index (χ3n) is 3.53. The molecular weight excluding hydrogens is 330 g/mol. The Morgan fingerprint density at radius 2 is 2.00 bits per heavy atom. The molecule has 1 saturated heterocycles. The molecule has 1 heterocycles. The van der Waals surface area contributed by atoms with Gasteiger partial charge in [0.15, 0.2) is 0 Å². The highest BCUT2D eigenvalue weighted by atomic mass is 32.2. The number of sulfonamides is 1. The molecule has 1 aliphatic rings. The van der Waals surface area contributed by atoms with Crippen LogP contribution >= 0.6 is 0 Å². The summed E-state index contributed by atoms with van der Waals surface area (Å²) in [5.74, 6) is -0.692. The van der Waals surface area contributed by atoms with Crippen molar-refractivity contribution in [3.05, 3.63) is 29.8 Å². The zero-order valence-corrected chi connectivity index (χ0v) is 13.1. The Labute approximate surface area is 133 Å². The molecule has 0 aliphatic carbocycles. The first kappa shape index (κ1) is 17.8. The van der Waals surface area contributed by atoms with Crippen molar-refractivity contribution < 1.29 is 27.1 Å². The van der Waals surface area contributed by atoms with Gasteiger partial charge in [-0.25, -0.2) is 17.2 Å². The number of aliphatic hydroxyl groups is 1. The van der Waals surface area contributed by atoms with Gasteiger partial charge in [0.2, 0.25) is 10.0 Å². The van der Waals surface area contributed by atoms with E-state index in [2.05, 4.69) is 0 Å². The summed E-state index contributed by atoms with van der Waals surface area (Å²) in [5.41, 5.74) is 0.100. The van der Waals surface area contributed by atoms with E-state index in [1.807, 2.05) is 5.32 Å². The number of rotatable bonds is 5. The second-order valence-electron chi connectivity index (χ2n) is 5.28. The second-order valence-corrected chi connectivity index (χ2v) is 7.22. The van der Waals surface area contributed by atoms with Gasteiger partial charge in [-0.15, -0.1) is 0 Å². The van der Waals surface area contributed by atoms with Crippen molar-refractivity contribution in [3.63, 3.8) is 0 Å². The van der Waals surface area contributed by atoms with Crippen LogP contribution in [0.2, 0.25) is 0 Å². The maximum absolute atomic E-state index is 12.4. The smallest absolute Gasteiger partial charge is 0.255 e. The van der Waals surface area contributed by atoms with E-state index in [9.17, 15) is 27.1 Å². The van der Waals surface area contributed by atoms with Crippen LogP contribution in [0.5, 0.6) is 0 Å². The molecule has 6 nitrogen and oxygen atoms in total. The minimum absolute atomic E-state index is 0.00277. The number of hydrogen-bond acceptors (Lipinski definition) is 4. The summed E-state index contributed by atoms with van der Waals surface area (Å²) >= 11 is 0. The number of carbonyl (C=O) groups excluding carboxylic acids is 1. The van der Waals surface area contributed by atoms with Crippen LogP contribution in [-0.4, -0.2) is 55.9 Å². The van der Waals surface area contributed by atoms with Crippen molar-refractivity contribution in [2.24, 2.45) is 0 Å². The molecule has 0 unspecified atom stereocenters. The van der Waals surface area contributed by atoms with Crippen LogP contribution < -0.4 is 5.32 Å². The number of carbonyl (C=O) groups is 1. The SMILES string of the molecule is O=C(NCC(F)F)c1ccc(S(=O)(=O)N2CCC[C@@H](O)C2)cc1. The fourth-order valence-electron chi connectivity index (χ4n) is 2.34.